The molecule has 0 aromatic heterocycles. The predicted octanol–water partition coefficient (Wildman–Crippen LogP) is 2.01. The fraction of sp³-hybridized carbons (Fsp3) is 0.889. The van der Waals surface area contributed by atoms with Gasteiger partial charge in [-0.05, 0) is 12.8 Å². The molecule has 0 N–H and O–H groups in total. The van der Waals surface area contributed by atoms with Gasteiger partial charge in [0.15, 0.2) is 0 Å². The maximum atomic E-state index is 4.33. The smallest absolute Gasteiger partial charge is 0.0955 e. The summed E-state index contributed by atoms with van der Waals surface area (Å²) in [7, 11) is 2.09. The molecular weight excluding hydrogens is 136 g/mol. The summed E-state index contributed by atoms with van der Waals surface area (Å²) in [5.74, 6) is 1.91. The van der Waals surface area contributed by atoms with Crippen LogP contribution < -0.4 is 0 Å². The van der Waals surface area contributed by atoms with E-state index in [1.54, 1.807) is 0 Å². The van der Waals surface area contributed by atoms with E-state index in [1.807, 2.05) is 13.8 Å². The van der Waals surface area contributed by atoms with E-state index in [1.165, 1.54) is 5.84 Å². The largest absolute Gasteiger partial charge is 0.363 e. The summed E-state index contributed by atoms with van der Waals surface area (Å²) in [5, 5.41) is 0. The van der Waals surface area contributed by atoms with E-state index in [2.05, 4.69) is 30.8 Å². The standard InChI is InChI=1S/C7H14N2.C2H6/c1-6-4-8-7(2)9(3)5-6;1-2/h6H,4-5H2,1-3H3;1-2H3. The summed E-state index contributed by atoms with van der Waals surface area (Å²) in [6.07, 6.45) is 0. The highest BCUT2D eigenvalue weighted by molar-refractivity contribution is 5.79. The topological polar surface area (TPSA) is 15.6 Å². The first-order chi connectivity index (χ1) is 5.20. The minimum atomic E-state index is 0.735. The molecule has 66 valence electrons. The minimum absolute atomic E-state index is 0.735. The van der Waals surface area contributed by atoms with Crippen LogP contribution in [0.3, 0.4) is 0 Å². The molecular formula is C9H20N2. The maximum Gasteiger partial charge on any atom is 0.0955 e. The molecule has 0 saturated heterocycles. The van der Waals surface area contributed by atoms with Gasteiger partial charge in [-0.25, -0.2) is 0 Å². The lowest BCUT2D eigenvalue weighted by Crippen LogP contribution is -2.34. The first-order valence-electron chi connectivity index (χ1n) is 4.42. The molecule has 1 atom stereocenters. The SMILES string of the molecule is CC.CC1=NCC(C)CN1C. The maximum absolute atomic E-state index is 4.33. The van der Waals surface area contributed by atoms with Gasteiger partial charge >= 0.3 is 0 Å². The Bertz CT molecular complexity index is 130. The molecule has 2 heteroatoms. The van der Waals surface area contributed by atoms with Crippen molar-refractivity contribution in [2.24, 2.45) is 10.9 Å². The highest BCUT2D eigenvalue weighted by Gasteiger charge is 2.11. The average molecular weight is 156 g/mol. The number of aliphatic imine (C=N–C) groups is 1. The Balaban J connectivity index is 0.000000461. The Hall–Kier alpha value is -0.530. The third-order valence-corrected chi connectivity index (χ3v) is 1.77. The second-order valence-electron chi connectivity index (χ2n) is 2.87. The normalized spacial score (nSPS) is 23.5. The van der Waals surface area contributed by atoms with E-state index in [0.29, 0.717) is 0 Å². The van der Waals surface area contributed by atoms with Crippen molar-refractivity contribution in [3.8, 4) is 0 Å². The van der Waals surface area contributed by atoms with E-state index < -0.39 is 0 Å². The van der Waals surface area contributed by atoms with Gasteiger partial charge in [0.2, 0.25) is 0 Å². The van der Waals surface area contributed by atoms with Gasteiger partial charge in [-0.3, -0.25) is 4.99 Å². The minimum Gasteiger partial charge on any atom is -0.363 e. The summed E-state index contributed by atoms with van der Waals surface area (Å²) in [4.78, 5) is 6.54. The number of rotatable bonds is 0. The summed E-state index contributed by atoms with van der Waals surface area (Å²) in [6.45, 7) is 10.5. The van der Waals surface area contributed by atoms with Gasteiger partial charge in [-0.2, -0.15) is 0 Å². The number of amidine groups is 1. The van der Waals surface area contributed by atoms with Crippen molar-refractivity contribution >= 4 is 5.84 Å². The van der Waals surface area contributed by atoms with E-state index in [4.69, 9.17) is 0 Å². The zero-order valence-electron chi connectivity index (χ0n) is 8.39. The van der Waals surface area contributed by atoms with Gasteiger partial charge in [0, 0.05) is 20.1 Å². The van der Waals surface area contributed by atoms with Crippen molar-refractivity contribution < 1.29 is 0 Å². The van der Waals surface area contributed by atoms with E-state index in [0.717, 1.165) is 19.0 Å². The van der Waals surface area contributed by atoms with Crippen LogP contribution in [0.1, 0.15) is 27.7 Å². The van der Waals surface area contributed by atoms with E-state index in [-0.39, 0.29) is 0 Å². The Morgan fingerprint density at radius 3 is 2.36 bits per heavy atom. The van der Waals surface area contributed by atoms with Gasteiger partial charge in [-0.15, -0.1) is 0 Å². The zero-order chi connectivity index (χ0) is 8.85. The third kappa shape index (κ3) is 3.40. The highest BCUT2D eigenvalue weighted by atomic mass is 15.2. The number of hydrogen-bond donors (Lipinski definition) is 0. The molecule has 2 nitrogen and oxygen atoms in total. The first kappa shape index (κ1) is 10.5. The van der Waals surface area contributed by atoms with Crippen LogP contribution in [0.5, 0.6) is 0 Å². The van der Waals surface area contributed by atoms with Crippen molar-refractivity contribution in [3.63, 3.8) is 0 Å². The molecule has 1 heterocycles. The molecule has 11 heavy (non-hydrogen) atoms. The fourth-order valence-electron chi connectivity index (χ4n) is 1.07. The second kappa shape index (κ2) is 5.16. The van der Waals surface area contributed by atoms with Crippen LogP contribution in [0.15, 0.2) is 4.99 Å². The van der Waals surface area contributed by atoms with Crippen molar-refractivity contribution in [3.05, 3.63) is 0 Å². The Labute approximate surface area is 70.3 Å². The fourth-order valence-corrected chi connectivity index (χ4v) is 1.07. The van der Waals surface area contributed by atoms with Crippen molar-refractivity contribution in [2.45, 2.75) is 27.7 Å². The molecule has 1 rings (SSSR count). The lowest BCUT2D eigenvalue weighted by Gasteiger charge is -2.26. The molecule has 1 aliphatic heterocycles. The first-order valence-corrected chi connectivity index (χ1v) is 4.42. The lowest BCUT2D eigenvalue weighted by atomic mass is 10.1. The van der Waals surface area contributed by atoms with Crippen LogP contribution in [0, 0.1) is 5.92 Å². The third-order valence-electron chi connectivity index (χ3n) is 1.77. The van der Waals surface area contributed by atoms with Crippen LogP contribution in [0.2, 0.25) is 0 Å². The van der Waals surface area contributed by atoms with Crippen LogP contribution >= 0.6 is 0 Å². The number of nitrogens with zero attached hydrogens (tertiary/aromatic N) is 2. The summed E-state index contributed by atoms with van der Waals surface area (Å²) >= 11 is 0. The highest BCUT2D eigenvalue weighted by Crippen LogP contribution is 2.05. The molecule has 0 saturated carbocycles. The number of hydrogen-bond acceptors (Lipinski definition) is 2. The monoisotopic (exact) mass is 156 g/mol. The quantitative estimate of drug-likeness (QED) is 0.524. The zero-order valence-corrected chi connectivity index (χ0v) is 8.39. The summed E-state index contributed by atoms with van der Waals surface area (Å²) in [6, 6.07) is 0. The molecule has 0 fully saturated rings. The molecule has 1 aliphatic rings. The molecule has 0 spiro atoms. The van der Waals surface area contributed by atoms with Crippen molar-refractivity contribution in [1.29, 1.82) is 0 Å². The summed E-state index contributed by atoms with van der Waals surface area (Å²) < 4.78 is 0. The van der Waals surface area contributed by atoms with Gasteiger partial charge in [0.25, 0.3) is 0 Å². The van der Waals surface area contributed by atoms with E-state index >= 15 is 0 Å². The van der Waals surface area contributed by atoms with Crippen LogP contribution in [-0.2, 0) is 0 Å². The van der Waals surface area contributed by atoms with Crippen LogP contribution in [-0.4, -0.2) is 30.9 Å². The molecule has 0 aromatic rings. The van der Waals surface area contributed by atoms with E-state index in [9.17, 15) is 0 Å². The Morgan fingerprint density at radius 2 is 2.00 bits per heavy atom. The molecule has 0 aromatic carbocycles. The Morgan fingerprint density at radius 1 is 1.45 bits per heavy atom. The summed E-state index contributed by atoms with van der Waals surface area (Å²) in [5.41, 5.74) is 0. The predicted molar refractivity (Wildman–Crippen MR) is 51.1 cm³/mol. The Kier molecular flexibility index (Phi) is 4.92. The molecule has 0 amide bonds. The van der Waals surface area contributed by atoms with Crippen molar-refractivity contribution in [2.75, 3.05) is 20.1 Å². The van der Waals surface area contributed by atoms with Gasteiger partial charge in [0.1, 0.15) is 0 Å². The van der Waals surface area contributed by atoms with Crippen molar-refractivity contribution in [1.82, 2.24) is 4.90 Å². The van der Waals surface area contributed by atoms with Crippen LogP contribution in [0.25, 0.3) is 0 Å². The lowest BCUT2D eigenvalue weighted by molar-refractivity contribution is 0.382. The molecule has 0 aliphatic carbocycles. The second-order valence-corrected chi connectivity index (χ2v) is 2.87. The molecule has 1 unspecified atom stereocenters. The average Bonchev–Trinajstić information content (AvgIpc) is 2.02. The van der Waals surface area contributed by atoms with Crippen LogP contribution in [0.4, 0.5) is 0 Å². The molecule has 0 bridgehead atoms. The van der Waals surface area contributed by atoms with Gasteiger partial charge in [0.05, 0.1) is 5.84 Å². The van der Waals surface area contributed by atoms with Gasteiger partial charge in [-0.1, -0.05) is 20.8 Å². The van der Waals surface area contributed by atoms with Gasteiger partial charge < -0.3 is 4.90 Å². The molecule has 0 radical (unpaired) electrons.